The van der Waals surface area contributed by atoms with Crippen LogP contribution in [0, 0.1) is 0 Å². The Hall–Kier alpha value is -2.70. The zero-order valence-corrected chi connectivity index (χ0v) is 15.8. The summed E-state index contributed by atoms with van der Waals surface area (Å²) in [5, 5.41) is 1.41. The summed E-state index contributed by atoms with van der Waals surface area (Å²) < 4.78 is 10.8. The van der Waals surface area contributed by atoms with Gasteiger partial charge in [-0.05, 0) is 30.4 Å². The van der Waals surface area contributed by atoms with Crippen molar-refractivity contribution in [1.29, 1.82) is 0 Å². The molecule has 6 nitrogen and oxygen atoms in total. The van der Waals surface area contributed by atoms with E-state index in [-0.39, 0.29) is 13.2 Å². The van der Waals surface area contributed by atoms with Crippen LogP contribution in [0.3, 0.4) is 0 Å². The van der Waals surface area contributed by atoms with Gasteiger partial charge in [-0.25, -0.2) is 9.59 Å². The molecule has 0 spiro atoms. The van der Waals surface area contributed by atoms with E-state index in [9.17, 15) is 9.59 Å². The van der Waals surface area contributed by atoms with Gasteiger partial charge in [-0.1, -0.05) is 60.7 Å². The minimum atomic E-state index is -1.23. The summed E-state index contributed by atoms with van der Waals surface area (Å²) in [7, 11) is 0. The first kappa shape index (κ1) is 20.0. The largest absolute Gasteiger partial charge is 0.459 e. The lowest BCUT2D eigenvalue weighted by Crippen LogP contribution is -2.48. The summed E-state index contributed by atoms with van der Waals surface area (Å²) >= 11 is 0. The number of benzene rings is 2. The predicted octanol–water partition coefficient (Wildman–Crippen LogP) is 3.26. The average Bonchev–Trinajstić information content (AvgIpc) is 3.02. The van der Waals surface area contributed by atoms with Gasteiger partial charge < -0.3 is 9.47 Å². The van der Waals surface area contributed by atoms with Gasteiger partial charge >= 0.3 is 11.9 Å². The van der Waals surface area contributed by atoms with Gasteiger partial charge in [0.25, 0.3) is 0 Å². The number of hydrogen-bond acceptors (Lipinski definition) is 6. The van der Waals surface area contributed by atoms with E-state index < -0.39 is 18.0 Å². The summed E-state index contributed by atoms with van der Waals surface area (Å²) in [4.78, 5) is 31.1. The monoisotopic (exact) mass is 383 g/mol. The number of carbonyl (C=O) groups is 2. The molecular weight excluding hydrogens is 358 g/mol. The molecule has 0 unspecified atom stereocenters. The van der Waals surface area contributed by atoms with Crippen molar-refractivity contribution < 1.29 is 23.9 Å². The van der Waals surface area contributed by atoms with Crippen LogP contribution < -0.4 is 0 Å². The number of ether oxygens (including phenoxy) is 2. The number of hydroxylamine groups is 2. The van der Waals surface area contributed by atoms with Gasteiger partial charge in [0.15, 0.2) is 0 Å². The second kappa shape index (κ2) is 10.6. The second-order valence-corrected chi connectivity index (χ2v) is 6.62. The fourth-order valence-electron chi connectivity index (χ4n) is 2.94. The Labute approximate surface area is 165 Å². The Morgan fingerprint density at radius 3 is 1.89 bits per heavy atom. The highest BCUT2D eigenvalue weighted by atomic mass is 16.7. The van der Waals surface area contributed by atoms with Crippen molar-refractivity contribution in [3.8, 4) is 0 Å². The van der Waals surface area contributed by atoms with Gasteiger partial charge in [0.2, 0.25) is 6.04 Å². The van der Waals surface area contributed by atoms with Gasteiger partial charge in [0, 0.05) is 6.54 Å². The molecule has 1 saturated heterocycles. The topological polar surface area (TPSA) is 65.1 Å². The molecule has 6 heteroatoms. The lowest BCUT2D eigenvalue weighted by molar-refractivity contribution is -0.209. The smallest absolute Gasteiger partial charge is 0.337 e. The first-order valence-electron chi connectivity index (χ1n) is 9.55. The van der Waals surface area contributed by atoms with Crippen molar-refractivity contribution in [2.45, 2.75) is 38.5 Å². The molecule has 2 aromatic rings. The summed E-state index contributed by atoms with van der Waals surface area (Å²) in [6, 6.07) is 17.5. The van der Waals surface area contributed by atoms with Gasteiger partial charge in [0.1, 0.15) is 13.2 Å². The third-order valence-corrected chi connectivity index (χ3v) is 4.46. The van der Waals surface area contributed by atoms with Crippen molar-refractivity contribution in [3.63, 3.8) is 0 Å². The second-order valence-electron chi connectivity index (χ2n) is 6.62. The number of hydrogen-bond donors (Lipinski definition) is 0. The summed E-state index contributed by atoms with van der Waals surface area (Å²) in [5.41, 5.74) is 1.70. The third kappa shape index (κ3) is 5.90. The highest BCUT2D eigenvalue weighted by Crippen LogP contribution is 2.15. The minimum Gasteiger partial charge on any atom is -0.459 e. The quantitative estimate of drug-likeness (QED) is 0.540. The molecule has 0 N–H and O–H groups in total. The first-order valence-corrected chi connectivity index (χ1v) is 9.55. The number of rotatable bonds is 7. The van der Waals surface area contributed by atoms with Crippen LogP contribution in [0.5, 0.6) is 0 Å². The van der Waals surface area contributed by atoms with E-state index >= 15 is 0 Å². The predicted molar refractivity (Wildman–Crippen MR) is 103 cm³/mol. The molecule has 0 amide bonds. The van der Waals surface area contributed by atoms with Crippen LogP contribution >= 0.6 is 0 Å². The first-order chi connectivity index (χ1) is 13.7. The van der Waals surface area contributed by atoms with Crippen LogP contribution in [-0.4, -0.2) is 36.2 Å². The number of esters is 2. The zero-order chi connectivity index (χ0) is 19.6. The number of carbonyl (C=O) groups excluding carboxylic acids is 2. The lowest BCUT2D eigenvalue weighted by atomic mass is 10.2. The van der Waals surface area contributed by atoms with Crippen LogP contribution in [0.4, 0.5) is 0 Å². The molecule has 0 saturated carbocycles. The Balaban J connectivity index is 1.66. The molecule has 0 radical (unpaired) electrons. The summed E-state index contributed by atoms with van der Waals surface area (Å²) in [6.07, 6.45) is 2.72. The van der Waals surface area contributed by atoms with Crippen LogP contribution in [-0.2, 0) is 37.1 Å². The molecule has 2 aromatic carbocycles. The summed E-state index contributed by atoms with van der Waals surface area (Å²) in [6.45, 7) is 1.13. The van der Waals surface area contributed by atoms with Crippen molar-refractivity contribution in [2.24, 2.45) is 0 Å². The van der Waals surface area contributed by atoms with Gasteiger partial charge in [-0.15, -0.1) is 0 Å². The Bertz CT molecular complexity index is 687. The van der Waals surface area contributed by atoms with Crippen molar-refractivity contribution >= 4 is 11.9 Å². The molecule has 148 valence electrons. The van der Waals surface area contributed by atoms with Gasteiger partial charge in [-0.2, -0.15) is 5.06 Å². The lowest BCUT2D eigenvalue weighted by Gasteiger charge is -2.26. The SMILES string of the molecule is O=C(OCc1ccccc1)C(C(=O)OCc1ccccc1)N1CCCCCO1. The minimum absolute atomic E-state index is 0.0932. The Morgan fingerprint density at radius 2 is 1.36 bits per heavy atom. The molecule has 0 atom stereocenters. The van der Waals surface area contributed by atoms with E-state index in [4.69, 9.17) is 14.3 Å². The Kier molecular flexibility index (Phi) is 7.58. The van der Waals surface area contributed by atoms with E-state index in [1.807, 2.05) is 60.7 Å². The molecule has 1 heterocycles. The van der Waals surface area contributed by atoms with E-state index in [0.29, 0.717) is 13.2 Å². The molecule has 0 aromatic heterocycles. The van der Waals surface area contributed by atoms with Crippen LogP contribution in [0.15, 0.2) is 60.7 Å². The average molecular weight is 383 g/mol. The van der Waals surface area contributed by atoms with Gasteiger partial charge in [0.05, 0.1) is 6.61 Å². The highest BCUT2D eigenvalue weighted by Gasteiger charge is 2.37. The molecule has 1 fully saturated rings. The fourth-order valence-corrected chi connectivity index (χ4v) is 2.94. The van der Waals surface area contributed by atoms with Crippen molar-refractivity contribution in [3.05, 3.63) is 71.8 Å². The van der Waals surface area contributed by atoms with E-state index in [2.05, 4.69) is 0 Å². The Morgan fingerprint density at radius 1 is 0.821 bits per heavy atom. The van der Waals surface area contributed by atoms with E-state index in [1.54, 1.807) is 0 Å². The standard InChI is InChI=1S/C22H25NO5/c24-21(26-16-18-10-4-1-5-11-18)20(23-14-8-3-9-15-28-23)22(25)27-17-19-12-6-2-7-13-19/h1-2,4-7,10-13,20H,3,8-9,14-17H2. The molecular formula is C22H25NO5. The molecule has 28 heavy (non-hydrogen) atoms. The van der Waals surface area contributed by atoms with Gasteiger partial charge in [-0.3, -0.25) is 4.84 Å². The third-order valence-electron chi connectivity index (χ3n) is 4.46. The van der Waals surface area contributed by atoms with Crippen LogP contribution in [0.1, 0.15) is 30.4 Å². The molecule has 1 aliphatic heterocycles. The zero-order valence-electron chi connectivity index (χ0n) is 15.8. The van der Waals surface area contributed by atoms with Crippen LogP contribution in [0.25, 0.3) is 0 Å². The molecule has 0 bridgehead atoms. The maximum absolute atomic E-state index is 12.7. The van der Waals surface area contributed by atoms with E-state index in [0.717, 1.165) is 30.4 Å². The summed E-state index contributed by atoms with van der Waals surface area (Å²) in [5.74, 6) is -1.33. The normalized spacial score (nSPS) is 15.0. The van der Waals surface area contributed by atoms with E-state index in [1.165, 1.54) is 5.06 Å². The van der Waals surface area contributed by atoms with Crippen molar-refractivity contribution in [2.75, 3.05) is 13.2 Å². The highest BCUT2D eigenvalue weighted by molar-refractivity contribution is 5.99. The molecule has 1 aliphatic rings. The van der Waals surface area contributed by atoms with Crippen LogP contribution in [0.2, 0.25) is 0 Å². The fraction of sp³-hybridized carbons (Fsp3) is 0.364. The maximum atomic E-state index is 12.7. The maximum Gasteiger partial charge on any atom is 0.337 e. The molecule has 3 rings (SSSR count). The number of nitrogens with zero attached hydrogens (tertiary/aromatic N) is 1. The molecule has 0 aliphatic carbocycles. The van der Waals surface area contributed by atoms with Crippen molar-refractivity contribution in [1.82, 2.24) is 5.06 Å².